The monoisotopic (exact) mass is 223 g/mol. The Morgan fingerprint density at radius 3 is 2.31 bits per heavy atom. The zero-order chi connectivity index (χ0) is 12.0. The Bertz CT molecular complexity index is 372. The second kappa shape index (κ2) is 3.55. The Balaban J connectivity index is 2.23. The minimum Gasteiger partial charge on any atom is -0.339 e. The predicted octanol–water partition coefficient (Wildman–Crippen LogP) is 2.35. The normalized spacial score (nSPS) is 18.6. The molecule has 0 radical (unpaired) electrons. The van der Waals surface area contributed by atoms with Crippen molar-refractivity contribution in [2.75, 3.05) is 0 Å². The quantitative estimate of drug-likeness (QED) is 0.854. The van der Waals surface area contributed by atoms with Crippen LogP contribution >= 0.6 is 0 Å². The first-order valence-electron chi connectivity index (χ1n) is 5.95. The first-order chi connectivity index (χ1) is 7.32. The number of nitrogens with two attached hydrogens (primary N) is 1. The molecule has 4 nitrogen and oxygen atoms in total. The summed E-state index contributed by atoms with van der Waals surface area (Å²) in [7, 11) is 0. The minimum absolute atomic E-state index is 0.304. The van der Waals surface area contributed by atoms with E-state index in [0.29, 0.717) is 11.8 Å². The van der Waals surface area contributed by atoms with E-state index < -0.39 is 0 Å². The molecule has 1 aromatic heterocycles. The molecule has 1 saturated carbocycles. The van der Waals surface area contributed by atoms with Gasteiger partial charge in [0.15, 0.2) is 5.82 Å². The second-order valence-electron chi connectivity index (χ2n) is 5.93. The van der Waals surface area contributed by atoms with E-state index in [9.17, 15) is 0 Å². The zero-order valence-corrected chi connectivity index (χ0v) is 10.6. The fourth-order valence-corrected chi connectivity index (χ4v) is 1.60. The number of aromatic nitrogens is 2. The Kier molecular flexibility index (Phi) is 2.57. The maximum atomic E-state index is 6.15. The molecule has 0 atom stereocenters. The topological polar surface area (TPSA) is 64.9 Å². The van der Waals surface area contributed by atoms with E-state index in [1.165, 1.54) is 19.3 Å². The largest absolute Gasteiger partial charge is 0.339 e. The van der Waals surface area contributed by atoms with E-state index in [4.69, 9.17) is 10.3 Å². The van der Waals surface area contributed by atoms with Crippen LogP contribution in [0, 0.1) is 0 Å². The summed E-state index contributed by atoms with van der Waals surface area (Å²) >= 11 is 0. The summed E-state index contributed by atoms with van der Waals surface area (Å²) in [6.07, 6.45) is 3.65. The summed E-state index contributed by atoms with van der Waals surface area (Å²) in [4.78, 5) is 4.51. The molecule has 4 heteroatoms. The molecule has 0 spiro atoms. The lowest BCUT2D eigenvalue weighted by molar-refractivity contribution is 0.222. The van der Waals surface area contributed by atoms with E-state index in [2.05, 4.69) is 10.1 Å². The average molecular weight is 223 g/mol. The third kappa shape index (κ3) is 1.75. The smallest absolute Gasteiger partial charge is 0.234 e. The molecule has 0 bridgehead atoms. The van der Waals surface area contributed by atoms with Crippen LogP contribution in [0.25, 0.3) is 0 Å². The van der Waals surface area contributed by atoms with Crippen molar-refractivity contribution in [2.45, 2.75) is 63.8 Å². The van der Waals surface area contributed by atoms with Gasteiger partial charge >= 0.3 is 0 Å². The summed E-state index contributed by atoms with van der Waals surface area (Å²) in [6.45, 7) is 8.07. The first kappa shape index (κ1) is 11.6. The van der Waals surface area contributed by atoms with Crippen molar-refractivity contribution in [1.82, 2.24) is 10.1 Å². The van der Waals surface area contributed by atoms with Gasteiger partial charge in [0.1, 0.15) is 0 Å². The highest BCUT2D eigenvalue weighted by Crippen LogP contribution is 2.37. The van der Waals surface area contributed by atoms with Crippen LogP contribution in [0.2, 0.25) is 0 Å². The van der Waals surface area contributed by atoms with E-state index >= 15 is 0 Å². The highest BCUT2D eigenvalue weighted by atomic mass is 16.5. The molecular formula is C12H21N3O. The maximum absolute atomic E-state index is 6.15. The molecule has 0 amide bonds. The summed E-state index contributed by atoms with van der Waals surface area (Å²) in [5.74, 6) is 2.02. The number of hydrogen-bond donors (Lipinski definition) is 1. The van der Waals surface area contributed by atoms with Crippen molar-refractivity contribution >= 4 is 0 Å². The highest BCUT2D eigenvalue weighted by Gasteiger charge is 2.40. The van der Waals surface area contributed by atoms with E-state index in [1.807, 2.05) is 27.7 Å². The lowest BCUT2D eigenvalue weighted by Crippen LogP contribution is -2.50. The van der Waals surface area contributed by atoms with Crippen molar-refractivity contribution in [3.8, 4) is 0 Å². The van der Waals surface area contributed by atoms with Crippen LogP contribution < -0.4 is 5.73 Å². The van der Waals surface area contributed by atoms with Gasteiger partial charge in [-0.05, 0) is 40.5 Å². The van der Waals surface area contributed by atoms with Crippen molar-refractivity contribution in [2.24, 2.45) is 5.73 Å². The molecule has 0 aliphatic heterocycles. The summed E-state index contributed by atoms with van der Waals surface area (Å²) in [5, 5.41) is 4.08. The van der Waals surface area contributed by atoms with Gasteiger partial charge in [0, 0.05) is 11.5 Å². The molecule has 1 aliphatic rings. The van der Waals surface area contributed by atoms with Gasteiger partial charge in [-0.1, -0.05) is 11.6 Å². The molecule has 1 aliphatic carbocycles. The minimum atomic E-state index is -0.379. The molecular weight excluding hydrogens is 202 g/mol. The van der Waals surface area contributed by atoms with Gasteiger partial charge in [-0.15, -0.1) is 0 Å². The van der Waals surface area contributed by atoms with Crippen LogP contribution in [0.3, 0.4) is 0 Å². The van der Waals surface area contributed by atoms with Crippen LogP contribution in [-0.2, 0) is 5.41 Å². The summed E-state index contributed by atoms with van der Waals surface area (Å²) < 4.78 is 5.37. The van der Waals surface area contributed by atoms with Gasteiger partial charge in [-0.25, -0.2) is 0 Å². The molecule has 0 aromatic carbocycles. The van der Waals surface area contributed by atoms with E-state index in [1.54, 1.807) is 0 Å². The van der Waals surface area contributed by atoms with Crippen molar-refractivity contribution < 1.29 is 4.52 Å². The summed E-state index contributed by atoms with van der Waals surface area (Å²) in [5.41, 5.74) is 5.47. The van der Waals surface area contributed by atoms with E-state index in [-0.39, 0.29) is 11.0 Å². The molecule has 90 valence electrons. The standard InChI is InChI=1S/C12H21N3O/c1-11(2,12(3,4)13)10-14-9(15-16-10)8-6-5-7-8/h8H,5-7,13H2,1-4H3. The molecule has 0 unspecified atom stereocenters. The fraction of sp³-hybridized carbons (Fsp3) is 0.833. The van der Waals surface area contributed by atoms with Crippen molar-refractivity contribution in [1.29, 1.82) is 0 Å². The van der Waals surface area contributed by atoms with Gasteiger partial charge in [-0.3, -0.25) is 0 Å². The Morgan fingerprint density at radius 1 is 1.25 bits per heavy atom. The highest BCUT2D eigenvalue weighted by molar-refractivity contribution is 5.12. The molecule has 16 heavy (non-hydrogen) atoms. The lowest BCUT2D eigenvalue weighted by atomic mass is 9.75. The van der Waals surface area contributed by atoms with Gasteiger partial charge in [0.2, 0.25) is 5.89 Å². The number of rotatable bonds is 3. The van der Waals surface area contributed by atoms with Gasteiger partial charge in [0.05, 0.1) is 5.41 Å². The second-order valence-corrected chi connectivity index (χ2v) is 5.93. The van der Waals surface area contributed by atoms with Gasteiger partial charge in [0.25, 0.3) is 0 Å². The Hall–Kier alpha value is -0.900. The van der Waals surface area contributed by atoms with Crippen LogP contribution in [0.5, 0.6) is 0 Å². The number of nitrogens with zero attached hydrogens (tertiary/aromatic N) is 2. The SMILES string of the molecule is CC(C)(N)C(C)(C)c1nc(C2CCC2)no1. The third-order valence-corrected chi connectivity index (χ3v) is 4.06. The van der Waals surface area contributed by atoms with Crippen LogP contribution in [0.15, 0.2) is 4.52 Å². The van der Waals surface area contributed by atoms with Crippen molar-refractivity contribution in [3.63, 3.8) is 0 Å². The van der Waals surface area contributed by atoms with Gasteiger partial charge < -0.3 is 10.3 Å². The first-order valence-corrected chi connectivity index (χ1v) is 5.95. The molecule has 1 heterocycles. The van der Waals surface area contributed by atoms with Crippen LogP contribution in [-0.4, -0.2) is 15.7 Å². The average Bonchev–Trinajstić information content (AvgIpc) is 2.47. The Labute approximate surface area is 96.6 Å². The van der Waals surface area contributed by atoms with Crippen LogP contribution in [0.1, 0.15) is 64.6 Å². The van der Waals surface area contributed by atoms with Crippen LogP contribution in [0.4, 0.5) is 0 Å². The fourth-order valence-electron chi connectivity index (χ4n) is 1.60. The van der Waals surface area contributed by atoms with E-state index in [0.717, 1.165) is 5.82 Å². The maximum Gasteiger partial charge on any atom is 0.234 e. The number of hydrogen-bond acceptors (Lipinski definition) is 4. The molecule has 0 saturated heterocycles. The zero-order valence-electron chi connectivity index (χ0n) is 10.6. The van der Waals surface area contributed by atoms with Gasteiger partial charge in [-0.2, -0.15) is 4.98 Å². The third-order valence-electron chi connectivity index (χ3n) is 4.06. The predicted molar refractivity (Wildman–Crippen MR) is 62.2 cm³/mol. The Morgan fingerprint density at radius 2 is 1.88 bits per heavy atom. The summed E-state index contributed by atoms with van der Waals surface area (Å²) in [6, 6.07) is 0. The molecule has 2 N–H and O–H groups in total. The molecule has 1 fully saturated rings. The van der Waals surface area contributed by atoms with Crippen molar-refractivity contribution in [3.05, 3.63) is 11.7 Å². The molecule has 2 rings (SSSR count). The lowest BCUT2D eigenvalue weighted by Gasteiger charge is -2.34. The molecule has 1 aromatic rings.